The van der Waals surface area contributed by atoms with Crippen LogP contribution >= 0.6 is 0 Å². The van der Waals surface area contributed by atoms with Gasteiger partial charge in [0.2, 0.25) is 5.91 Å². The Morgan fingerprint density at radius 3 is 2.74 bits per heavy atom. The van der Waals surface area contributed by atoms with Crippen molar-refractivity contribution in [1.29, 1.82) is 0 Å². The Labute approximate surface area is 111 Å². The van der Waals surface area contributed by atoms with Crippen LogP contribution in [0.5, 0.6) is 0 Å². The van der Waals surface area contributed by atoms with Crippen molar-refractivity contribution in [3.63, 3.8) is 0 Å². The van der Waals surface area contributed by atoms with E-state index in [1.54, 1.807) is 17.2 Å². The van der Waals surface area contributed by atoms with E-state index < -0.39 is 6.17 Å². The van der Waals surface area contributed by atoms with E-state index in [-0.39, 0.29) is 11.9 Å². The van der Waals surface area contributed by atoms with E-state index in [0.717, 1.165) is 12.1 Å². The molecule has 6 heteroatoms. The molecule has 0 radical (unpaired) electrons. The van der Waals surface area contributed by atoms with Gasteiger partial charge in [0.15, 0.2) is 0 Å². The first-order valence-electron chi connectivity index (χ1n) is 6.53. The SMILES string of the molecule is Nc1ccc(N2CCC(N3CC(F)C3)CC2=O)cn1. The number of anilines is 2. The normalized spacial score (nSPS) is 25.4. The van der Waals surface area contributed by atoms with Gasteiger partial charge in [-0.1, -0.05) is 0 Å². The molecule has 2 aliphatic heterocycles. The zero-order valence-corrected chi connectivity index (χ0v) is 10.6. The summed E-state index contributed by atoms with van der Waals surface area (Å²) in [7, 11) is 0. The molecule has 5 nitrogen and oxygen atoms in total. The third-order valence-corrected chi connectivity index (χ3v) is 3.86. The highest BCUT2D eigenvalue weighted by Gasteiger charge is 2.37. The van der Waals surface area contributed by atoms with E-state index in [4.69, 9.17) is 5.73 Å². The van der Waals surface area contributed by atoms with Crippen LogP contribution in [0.4, 0.5) is 15.9 Å². The van der Waals surface area contributed by atoms with Crippen LogP contribution in [0.25, 0.3) is 0 Å². The van der Waals surface area contributed by atoms with E-state index in [0.29, 0.717) is 31.9 Å². The van der Waals surface area contributed by atoms with E-state index in [1.807, 2.05) is 6.07 Å². The minimum atomic E-state index is -0.713. The molecular weight excluding hydrogens is 247 g/mol. The summed E-state index contributed by atoms with van der Waals surface area (Å²) in [4.78, 5) is 20.0. The number of nitrogens with two attached hydrogens (primary N) is 1. The van der Waals surface area contributed by atoms with Crippen LogP contribution in [0.2, 0.25) is 0 Å². The second-order valence-electron chi connectivity index (χ2n) is 5.18. The summed E-state index contributed by atoms with van der Waals surface area (Å²) in [6, 6.07) is 3.69. The Bertz CT molecular complexity index is 472. The molecule has 0 bridgehead atoms. The second-order valence-corrected chi connectivity index (χ2v) is 5.18. The monoisotopic (exact) mass is 264 g/mol. The molecule has 0 aliphatic carbocycles. The van der Waals surface area contributed by atoms with Gasteiger partial charge in [-0.3, -0.25) is 9.69 Å². The lowest BCUT2D eigenvalue weighted by molar-refractivity contribution is -0.122. The first-order valence-corrected chi connectivity index (χ1v) is 6.53. The van der Waals surface area contributed by atoms with Gasteiger partial charge in [-0.2, -0.15) is 0 Å². The average Bonchev–Trinajstić information content (AvgIpc) is 2.36. The number of alkyl halides is 1. The van der Waals surface area contributed by atoms with Crippen LogP contribution in [-0.4, -0.2) is 47.6 Å². The predicted octanol–water partition coefficient (Wildman–Crippen LogP) is 0.813. The number of halogens is 1. The highest BCUT2D eigenvalue weighted by Crippen LogP contribution is 2.26. The Hall–Kier alpha value is -1.69. The third-order valence-electron chi connectivity index (χ3n) is 3.86. The van der Waals surface area contributed by atoms with Gasteiger partial charge in [-0.25, -0.2) is 9.37 Å². The largest absolute Gasteiger partial charge is 0.384 e. The van der Waals surface area contributed by atoms with Crippen LogP contribution in [0.15, 0.2) is 18.3 Å². The molecule has 1 aromatic rings. The van der Waals surface area contributed by atoms with Crippen LogP contribution in [0.3, 0.4) is 0 Å². The van der Waals surface area contributed by atoms with Crippen LogP contribution in [0, 0.1) is 0 Å². The lowest BCUT2D eigenvalue weighted by atomic mass is 9.98. The number of hydrogen-bond acceptors (Lipinski definition) is 4. The Balaban J connectivity index is 1.64. The summed E-state index contributed by atoms with van der Waals surface area (Å²) in [5.74, 6) is 0.519. The zero-order chi connectivity index (χ0) is 13.4. The standard InChI is InChI=1S/C13H17FN4O/c14-9-7-17(8-9)10-3-4-18(13(19)5-10)11-1-2-12(15)16-6-11/h1-2,6,9-10H,3-5,7-8H2,(H2,15,16). The summed E-state index contributed by atoms with van der Waals surface area (Å²) < 4.78 is 12.8. The molecule has 2 fully saturated rings. The van der Waals surface area contributed by atoms with Crippen molar-refractivity contribution < 1.29 is 9.18 Å². The molecule has 102 valence electrons. The predicted molar refractivity (Wildman–Crippen MR) is 70.5 cm³/mol. The van der Waals surface area contributed by atoms with Crippen molar-refractivity contribution in [2.24, 2.45) is 0 Å². The van der Waals surface area contributed by atoms with Crippen molar-refractivity contribution in [1.82, 2.24) is 9.88 Å². The topological polar surface area (TPSA) is 62.5 Å². The number of likely N-dealkylation sites (tertiary alicyclic amines) is 1. The zero-order valence-electron chi connectivity index (χ0n) is 10.6. The second kappa shape index (κ2) is 4.77. The smallest absolute Gasteiger partial charge is 0.228 e. The first-order chi connectivity index (χ1) is 9.13. The van der Waals surface area contributed by atoms with Gasteiger partial charge in [-0.05, 0) is 18.6 Å². The lowest BCUT2D eigenvalue weighted by Crippen LogP contribution is -2.57. The maximum atomic E-state index is 12.8. The molecular formula is C13H17FN4O. The molecule has 1 unspecified atom stereocenters. The highest BCUT2D eigenvalue weighted by molar-refractivity contribution is 5.94. The number of nitrogens with zero attached hydrogens (tertiary/aromatic N) is 3. The molecule has 0 aromatic carbocycles. The van der Waals surface area contributed by atoms with Crippen LogP contribution in [0.1, 0.15) is 12.8 Å². The molecule has 0 saturated carbocycles. The summed E-state index contributed by atoms with van der Waals surface area (Å²) in [5.41, 5.74) is 6.32. The first kappa shape index (κ1) is 12.3. The lowest BCUT2D eigenvalue weighted by Gasteiger charge is -2.44. The molecule has 19 heavy (non-hydrogen) atoms. The Morgan fingerprint density at radius 1 is 1.37 bits per heavy atom. The summed E-state index contributed by atoms with van der Waals surface area (Å²) >= 11 is 0. The molecule has 1 atom stereocenters. The molecule has 1 aromatic heterocycles. The van der Waals surface area contributed by atoms with Crippen LogP contribution in [-0.2, 0) is 4.79 Å². The fourth-order valence-corrected chi connectivity index (χ4v) is 2.71. The van der Waals surface area contributed by atoms with Crippen molar-refractivity contribution in [3.8, 4) is 0 Å². The number of pyridine rings is 1. The Kier molecular flexibility index (Phi) is 3.10. The van der Waals surface area contributed by atoms with Gasteiger partial charge < -0.3 is 10.6 Å². The third kappa shape index (κ3) is 2.40. The Morgan fingerprint density at radius 2 is 2.16 bits per heavy atom. The number of nitrogen functional groups attached to an aromatic ring is 1. The number of piperidine rings is 1. The fraction of sp³-hybridized carbons (Fsp3) is 0.538. The van der Waals surface area contributed by atoms with Gasteiger partial charge >= 0.3 is 0 Å². The van der Waals surface area contributed by atoms with Crippen molar-refractivity contribution in [2.75, 3.05) is 30.3 Å². The number of aromatic nitrogens is 1. The maximum Gasteiger partial charge on any atom is 0.228 e. The highest BCUT2D eigenvalue weighted by atomic mass is 19.1. The van der Waals surface area contributed by atoms with Gasteiger partial charge in [0.05, 0.1) is 11.9 Å². The van der Waals surface area contributed by atoms with Crippen molar-refractivity contribution in [3.05, 3.63) is 18.3 Å². The average molecular weight is 264 g/mol. The maximum absolute atomic E-state index is 12.8. The number of carbonyl (C=O) groups excluding carboxylic acids is 1. The summed E-state index contributed by atoms with van der Waals surface area (Å²) in [6.07, 6.45) is 2.24. The summed E-state index contributed by atoms with van der Waals surface area (Å²) in [6.45, 7) is 1.60. The summed E-state index contributed by atoms with van der Waals surface area (Å²) in [5, 5.41) is 0. The van der Waals surface area contributed by atoms with E-state index in [2.05, 4.69) is 9.88 Å². The minimum Gasteiger partial charge on any atom is -0.384 e. The molecule has 3 rings (SSSR count). The van der Waals surface area contributed by atoms with Gasteiger partial charge in [0.1, 0.15) is 12.0 Å². The molecule has 2 saturated heterocycles. The quantitative estimate of drug-likeness (QED) is 0.858. The fourth-order valence-electron chi connectivity index (χ4n) is 2.71. The minimum absolute atomic E-state index is 0.0742. The van der Waals surface area contributed by atoms with Gasteiger partial charge in [0, 0.05) is 32.1 Å². The molecule has 0 spiro atoms. The number of amides is 1. The van der Waals surface area contributed by atoms with Gasteiger partial charge in [-0.15, -0.1) is 0 Å². The molecule has 2 N–H and O–H groups in total. The van der Waals surface area contributed by atoms with Crippen molar-refractivity contribution >= 4 is 17.4 Å². The molecule has 2 aliphatic rings. The number of carbonyl (C=O) groups is 1. The van der Waals surface area contributed by atoms with E-state index in [1.165, 1.54) is 0 Å². The van der Waals surface area contributed by atoms with Crippen molar-refractivity contribution in [2.45, 2.75) is 25.1 Å². The molecule has 1 amide bonds. The van der Waals surface area contributed by atoms with Crippen LogP contribution < -0.4 is 10.6 Å². The van der Waals surface area contributed by atoms with E-state index >= 15 is 0 Å². The number of hydrogen-bond donors (Lipinski definition) is 1. The van der Waals surface area contributed by atoms with Gasteiger partial charge in [0.25, 0.3) is 0 Å². The number of rotatable bonds is 2. The van der Waals surface area contributed by atoms with E-state index in [9.17, 15) is 9.18 Å². The molecule has 3 heterocycles.